The van der Waals surface area contributed by atoms with Crippen LogP contribution in [-0.4, -0.2) is 38.5 Å². The maximum absolute atomic E-state index is 11.9. The summed E-state index contributed by atoms with van der Waals surface area (Å²) in [7, 11) is 3.10. The van der Waals surface area contributed by atoms with Crippen LogP contribution in [0, 0.1) is 0 Å². The van der Waals surface area contributed by atoms with Gasteiger partial charge in [-0.25, -0.2) is 0 Å². The second-order valence-electron chi connectivity index (χ2n) is 3.62. The summed E-state index contributed by atoms with van der Waals surface area (Å²) in [4.78, 5) is 11.9. The minimum Gasteiger partial charge on any atom is -0.497 e. The molecular weight excluding hydrogens is 300 g/mol. The van der Waals surface area contributed by atoms with Gasteiger partial charge in [0.1, 0.15) is 18.1 Å². The number of benzene rings is 1. The van der Waals surface area contributed by atoms with Crippen LogP contribution in [0.1, 0.15) is 16.8 Å². The van der Waals surface area contributed by atoms with E-state index in [0.29, 0.717) is 23.7 Å². The van der Waals surface area contributed by atoms with Gasteiger partial charge in [-0.2, -0.15) is 0 Å². The van der Waals surface area contributed by atoms with Crippen molar-refractivity contribution < 1.29 is 19.0 Å². The van der Waals surface area contributed by atoms with Gasteiger partial charge in [-0.3, -0.25) is 4.79 Å². The van der Waals surface area contributed by atoms with Gasteiger partial charge in [0, 0.05) is 23.6 Å². The molecule has 18 heavy (non-hydrogen) atoms. The molecule has 0 aliphatic carbocycles. The first kappa shape index (κ1) is 15.0. The second-order valence-corrected chi connectivity index (χ2v) is 4.41. The number of hydrogen-bond acceptors (Lipinski definition) is 4. The van der Waals surface area contributed by atoms with Crippen LogP contribution in [-0.2, 0) is 4.74 Å². The van der Waals surface area contributed by atoms with Crippen molar-refractivity contribution in [1.29, 1.82) is 0 Å². The van der Waals surface area contributed by atoms with Gasteiger partial charge in [-0.1, -0.05) is 15.9 Å². The molecule has 5 heteroatoms. The van der Waals surface area contributed by atoms with Crippen LogP contribution in [0.5, 0.6) is 11.5 Å². The van der Waals surface area contributed by atoms with Crippen molar-refractivity contribution in [3.05, 3.63) is 23.8 Å². The quantitative estimate of drug-likeness (QED) is 0.420. The summed E-state index contributed by atoms with van der Waals surface area (Å²) in [5, 5.41) is 0.869. The van der Waals surface area contributed by atoms with Crippen molar-refractivity contribution in [3.63, 3.8) is 0 Å². The Kier molecular flexibility index (Phi) is 6.75. The molecule has 0 spiro atoms. The zero-order valence-electron chi connectivity index (χ0n) is 10.6. The molecule has 0 amide bonds. The van der Waals surface area contributed by atoms with E-state index in [-0.39, 0.29) is 12.4 Å². The van der Waals surface area contributed by atoms with E-state index in [1.807, 2.05) is 0 Å². The van der Waals surface area contributed by atoms with Gasteiger partial charge >= 0.3 is 0 Å². The Morgan fingerprint density at radius 1 is 1.17 bits per heavy atom. The number of rotatable bonds is 8. The molecular formula is C13H17BrO4. The van der Waals surface area contributed by atoms with Crippen LogP contribution in [0.2, 0.25) is 0 Å². The smallest absolute Gasteiger partial charge is 0.188 e. The number of carbonyl (C=O) groups excluding carboxylic acids is 1. The SMILES string of the molecule is COc1cc(OC)cc(C(=O)COCCCBr)c1. The molecule has 0 atom stereocenters. The van der Waals surface area contributed by atoms with Crippen molar-refractivity contribution in [2.24, 2.45) is 0 Å². The zero-order chi connectivity index (χ0) is 13.4. The van der Waals surface area contributed by atoms with Gasteiger partial charge in [0.25, 0.3) is 0 Å². The van der Waals surface area contributed by atoms with Crippen LogP contribution in [0.3, 0.4) is 0 Å². The zero-order valence-corrected chi connectivity index (χ0v) is 12.2. The molecule has 1 aromatic carbocycles. The Morgan fingerprint density at radius 2 is 1.78 bits per heavy atom. The first-order chi connectivity index (χ1) is 8.71. The monoisotopic (exact) mass is 316 g/mol. The van der Waals surface area contributed by atoms with E-state index < -0.39 is 0 Å². The second kappa shape index (κ2) is 8.11. The molecule has 0 aromatic heterocycles. The minimum absolute atomic E-state index is 0.0727. The summed E-state index contributed by atoms with van der Waals surface area (Å²) >= 11 is 3.30. The van der Waals surface area contributed by atoms with Gasteiger partial charge in [0.05, 0.1) is 14.2 Å². The lowest BCUT2D eigenvalue weighted by atomic mass is 10.1. The first-order valence-electron chi connectivity index (χ1n) is 5.61. The van der Waals surface area contributed by atoms with Gasteiger partial charge in [0.15, 0.2) is 5.78 Å². The predicted octanol–water partition coefficient (Wildman–Crippen LogP) is 2.69. The standard InChI is InChI=1S/C13H17BrO4/c1-16-11-6-10(7-12(8-11)17-2)13(15)9-18-5-3-4-14/h6-8H,3-5,9H2,1-2H3. The van der Waals surface area contributed by atoms with Crippen LogP contribution in [0.15, 0.2) is 18.2 Å². The molecule has 4 nitrogen and oxygen atoms in total. The Balaban J connectivity index is 2.66. The molecule has 0 heterocycles. The van der Waals surface area contributed by atoms with E-state index in [9.17, 15) is 4.79 Å². The Morgan fingerprint density at radius 3 is 2.28 bits per heavy atom. The van der Waals surface area contributed by atoms with E-state index in [1.165, 1.54) is 0 Å². The summed E-state index contributed by atoms with van der Waals surface area (Å²) in [6, 6.07) is 5.08. The van der Waals surface area contributed by atoms with Gasteiger partial charge < -0.3 is 14.2 Å². The third kappa shape index (κ3) is 4.66. The number of Topliss-reactive ketones (excluding diaryl/α,β-unsaturated/α-hetero) is 1. The topological polar surface area (TPSA) is 44.8 Å². The molecule has 100 valence electrons. The molecule has 1 aromatic rings. The maximum atomic E-state index is 11.9. The summed E-state index contributed by atoms with van der Waals surface area (Å²) < 4.78 is 15.5. The molecule has 0 fully saturated rings. The number of ether oxygens (including phenoxy) is 3. The lowest BCUT2D eigenvalue weighted by molar-refractivity contribution is 0.0762. The molecule has 0 radical (unpaired) electrons. The summed E-state index contributed by atoms with van der Waals surface area (Å²) in [6.45, 7) is 0.640. The fourth-order valence-corrected chi connectivity index (χ4v) is 1.60. The van der Waals surface area contributed by atoms with Crippen LogP contribution in [0.4, 0.5) is 0 Å². The van der Waals surface area contributed by atoms with E-state index in [1.54, 1.807) is 32.4 Å². The Bertz CT molecular complexity index is 370. The van der Waals surface area contributed by atoms with E-state index in [2.05, 4.69) is 15.9 Å². The van der Waals surface area contributed by atoms with Crippen LogP contribution >= 0.6 is 15.9 Å². The van der Waals surface area contributed by atoms with Crippen molar-refractivity contribution in [3.8, 4) is 11.5 Å². The van der Waals surface area contributed by atoms with Crippen LogP contribution < -0.4 is 9.47 Å². The molecule has 0 aliphatic heterocycles. The summed E-state index contributed by atoms with van der Waals surface area (Å²) in [5.74, 6) is 1.11. The fourth-order valence-electron chi connectivity index (χ4n) is 1.37. The number of alkyl halides is 1. The van der Waals surface area contributed by atoms with E-state index in [4.69, 9.17) is 14.2 Å². The van der Waals surface area contributed by atoms with E-state index >= 15 is 0 Å². The highest BCUT2D eigenvalue weighted by Gasteiger charge is 2.10. The van der Waals surface area contributed by atoms with Crippen LogP contribution in [0.25, 0.3) is 0 Å². The van der Waals surface area contributed by atoms with Crippen molar-refractivity contribution in [1.82, 2.24) is 0 Å². The lowest BCUT2D eigenvalue weighted by Gasteiger charge is -2.08. The molecule has 0 N–H and O–H groups in total. The van der Waals surface area contributed by atoms with Gasteiger partial charge in [-0.15, -0.1) is 0 Å². The third-order valence-electron chi connectivity index (χ3n) is 2.33. The number of ketones is 1. The molecule has 1 rings (SSSR count). The average Bonchev–Trinajstić information content (AvgIpc) is 2.42. The molecule has 0 bridgehead atoms. The normalized spacial score (nSPS) is 10.2. The number of methoxy groups -OCH3 is 2. The Hall–Kier alpha value is -1.07. The van der Waals surface area contributed by atoms with Gasteiger partial charge in [0.2, 0.25) is 0 Å². The Labute approximate surface area is 115 Å². The lowest BCUT2D eigenvalue weighted by Crippen LogP contribution is -2.10. The molecule has 0 saturated heterocycles. The molecule has 0 aliphatic rings. The van der Waals surface area contributed by atoms with Crippen molar-refractivity contribution in [2.75, 3.05) is 32.8 Å². The predicted molar refractivity (Wildman–Crippen MR) is 73.1 cm³/mol. The van der Waals surface area contributed by atoms with Crippen molar-refractivity contribution >= 4 is 21.7 Å². The van der Waals surface area contributed by atoms with E-state index in [0.717, 1.165) is 11.8 Å². The fraction of sp³-hybridized carbons (Fsp3) is 0.462. The van der Waals surface area contributed by atoms with Crippen molar-refractivity contribution in [2.45, 2.75) is 6.42 Å². The molecule has 0 unspecified atom stereocenters. The average molecular weight is 317 g/mol. The molecule has 0 saturated carbocycles. The summed E-state index contributed by atoms with van der Waals surface area (Å²) in [5.41, 5.74) is 0.532. The summed E-state index contributed by atoms with van der Waals surface area (Å²) in [6.07, 6.45) is 0.884. The highest BCUT2D eigenvalue weighted by atomic mass is 79.9. The largest absolute Gasteiger partial charge is 0.497 e. The maximum Gasteiger partial charge on any atom is 0.188 e. The number of carbonyl (C=O) groups is 1. The number of halogens is 1. The number of hydrogen-bond donors (Lipinski definition) is 0. The first-order valence-corrected chi connectivity index (χ1v) is 6.73. The highest BCUT2D eigenvalue weighted by Crippen LogP contribution is 2.22. The highest BCUT2D eigenvalue weighted by molar-refractivity contribution is 9.09. The van der Waals surface area contributed by atoms with Gasteiger partial charge in [-0.05, 0) is 18.6 Å². The third-order valence-corrected chi connectivity index (χ3v) is 2.89. The minimum atomic E-state index is -0.0817.